The van der Waals surface area contributed by atoms with Crippen LogP contribution >= 0.6 is 0 Å². The summed E-state index contributed by atoms with van der Waals surface area (Å²) in [5, 5.41) is 0. The zero-order valence-electron chi connectivity index (χ0n) is 16.5. The van der Waals surface area contributed by atoms with Gasteiger partial charge in [-0.15, -0.1) is 0 Å². The standard InChI is InChI=1S/C21H24O7S/c1-16-9-11-19(12-10-16)29(23,24)28-21(17(2)26-14-13-20(22)25-3)27-15-18-7-5-4-6-8-18/h4-14,17,21H,15H2,1-3H3. The summed E-state index contributed by atoms with van der Waals surface area (Å²) in [4.78, 5) is 11.2. The summed E-state index contributed by atoms with van der Waals surface area (Å²) in [6.45, 7) is 3.54. The Morgan fingerprint density at radius 1 is 1.07 bits per heavy atom. The predicted octanol–water partition coefficient (Wildman–Crippen LogP) is 3.34. The van der Waals surface area contributed by atoms with Crippen molar-refractivity contribution >= 4 is 16.1 Å². The smallest absolute Gasteiger partial charge is 0.333 e. The van der Waals surface area contributed by atoms with E-state index in [0.29, 0.717) is 0 Å². The maximum absolute atomic E-state index is 12.6. The molecule has 0 N–H and O–H groups in total. The van der Waals surface area contributed by atoms with E-state index >= 15 is 0 Å². The van der Waals surface area contributed by atoms with Crippen molar-refractivity contribution in [2.24, 2.45) is 0 Å². The topological polar surface area (TPSA) is 88.1 Å². The SMILES string of the molecule is COC(=O)C=COC(C)C(OCc1ccccc1)OS(=O)(=O)c1ccc(C)cc1. The Morgan fingerprint density at radius 2 is 1.72 bits per heavy atom. The van der Waals surface area contributed by atoms with Gasteiger partial charge in [0.25, 0.3) is 10.1 Å². The lowest BCUT2D eigenvalue weighted by Gasteiger charge is -2.23. The Labute approximate surface area is 171 Å². The van der Waals surface area contributed by atoms with Gasteiger partial charge in [-0.3, -0.25) is 0 Å². The number of aryl methyl sites for hydroxylation is 1. The fourth-order valence-electron chi connectivity index (χ4n) is 2.23. The van der Waals surface area contributed by atoms with Crippen LogP contribution in [0.4, 0.5) is 0 Å². The third kappa shape index (κ3) is 7.34. The molecule has 8 heteroatoms. The van der Waals surface area contributed by atoms with Gasteiger partial charge in [0.15, 0.2) is 0 Å². The molecular formula is C21H24O7S. The first-order valence-corrected chi connectivity index (χ1v) is 10.3. The van der Waals surface area contributed by atoms with Crippen molar-refractivity contribution in [3.8, 4) is 0 Å². The minimum absolute atomic E-state index is 0.00807. The normalized spacial score (nSPS) is 13.8. The van der Waals surface area contributed by atoms with E-state index in [0.717, 1.165) is 23.5 Å². The van der Waals surface area contributed by atoms with E-state index in [1.54, 1.807) is 19.1 Å². The molecule has 0 radical (unpaired) electrons. The van der Waals surface area contributed by atoms with Gasteiger partial charge in [0.2, 0.25) is 6.29 Å². The first kappa shape index (κ1) is 22.6. The second kappa shape index (κ2) is 10.8. The summed E-state index contributed by atoms with van der Waals surface area (Å²) >= 11 is 0. The van der Waals surface area contributed by atoms with Crippen molar-refractivity contribution in [3.05, 3.63) is 78.1 Å². The highest BCUT2D eigenvalue weighted by atomic mass is 32.2. The highest BCUT2D eigenvalue weighted by Crippen LogP contribution is 2.19. The van der Waals surface area contributed by atoms with Crippen molar-refractivity contribution in [2.75, 3.05) is 7.11 Å². The van der Waals surface area contributed by atoms with E-state index < -0.39 is 28.5 Å². The van der Waals surface area contributed by atoms with Crippen molar-refractivity contribution in [3.63, 3.8) is 0 Å². The lowest BCUT2D eigenvalue weighted by atomic mass is 10.2. The quantitative estimate of drug-likeness (QED) is 0.191. The Balaban J connectivity index is 2.14. The zero-order valence-corrected chi connectivity index (χ0v) is 17.3. The number of hydrogen-bond acceptors (Lipinski definition) is 7. The molecule has 2 unspecified atom stereocenters. The van der Waals surface area contributed by atoms with Gasteiger partial charge in [-0.25, -0.2) is 8.98 Å². The van der Waals surface area contributed by atoms with Crippen LogP contribution in [0.1, 0.15) is 18.1 Å². The molecule has 2 aromatic rings. The van der Waals surface area contributed by atoms with Gasteiger partial charge >= 0.3 is 5.97 Å². The van der Waals surface area contributed by atoms with Gasteiger partial charge in [0.05, 0.1) is 31.0 Å². The van der Waals surface area contributed by atoms with Crippen molar-refractivity contribution in [1.29, 1.82) is 0 Å². The summed E-state index contributed by atoms with van der Waals surface area (Å²) in [6.07, 6.45) is 0.0971. The highest BCUT2D eigenvalue weighted by Gasteiger charge is 2.28. The van der Waals surface area contributed by atoms with Gasteiger partial charge in [0, 0.05) is 0 Å². The van der Waals surface area contributed by atoms with Crippen LogP contribution in [0.2, 0.25) is 0 Å². The number of carbonyl (C=O) groups excluding carboxylic acids is 1. The Kier molecular flexibility index (Phi) is 8.38. The second-order valence-corrected chi connectivity index (χ2v) is 7.77. The van der Waals surface area contributed by atoms with E-state index in [1.165, 1.54) is 19.2 Å². The Morgan fingerprint density at radius 3 is 2.34 bits per heavy atom. The first-order chi connectivity index (χ1) is 13.8. The monoisotopic (exact) mass is 420 g/mol. The van der Waals surface area contributed by atoms with Crippen LogP contribution in [0.15, 0.2) is 71.8 Å². The third-order valence-corrected chi connectivity index (χ3v) is 5.16. The van der Waals surface area contributed by atoms with E-state index in [2.05, 4.69) is 4.74 Å². The molecule has 0 bridgehead atoms. The molecule has 0 saturated heterocycles. The van der Waals surface area contributed by atoms with Crippen LogP contribution < -0.4 is 0 Å². The van der Waals surface area contributed by atoms with E-state index in [4.69, 9.17) is 13.7 Å². The lowest BCUT2D eigenvalue weighted by Crippen LogP contribution is -2.33. The summed E-state index contributed by atoms with van der Waals surface area (Å²) in [7, 11) is -2.86. The van der Waals surface area contributed by atoms with Gasteiger partial charge in [-0.2, -0.15) is 8.42 Å². The second-order valence-electron chi connectivity index (χ2n) is 6.20. The Bertz CT molecular complexity index is 906. The molecule has 0 amide bonds. The number of hydrogen-bond donors (Lipinski definition) is 0. The maximum Gasteiger partial charge on any atom is 0.333 e. The van der Waals surface area contributed by atoms with Gasteiger partial charge < -0.3 is 14.2 Å². The molecule has 0 fully saturated rings. The van der Waals surface area contributed by atoms with Crippen molar-refractivity contribution < 1.29 is 31.6 Å². The predicted molar refractivity (Wildman–Crippen MR) is 106 cm³/mol. The minimum Gasteiger partial charge on any atom is -0.493 e. The van der Waals surface area contributed by atoms with Crippen LogP contribution in [0.3, 0.4) is 0 Å². The van der Waals surface area contributed by atoms with Gasteiger partial charge in [0.1, 0.15) is 6.10 Å². The molecule has 0 aliphatic heterocycles. The number of benzene rings is 2. The number of ether oxygens (including phenoxy) is 3. The summed E-state index contributed by atoms with van der Waals surface area (Å²) < 4.78 is 46.1. The summed E-state index contributed by atoms with van der Waals surface area (Å²) in [6, 6.07) is 15.5. The summed E-state index contributed by atoms with van der Waals surface area (Å²) in [5.74, 6) is -0.604. The van der Waals surface area contributed by atoms with E-state index in [-0.39, 0.29) is 11.5 Å². The molecule has 0 spiro atoms. The summed E-state index contributed by atoms with van der Waals surface area (Å²) in [5.41, 5.74) is 1.76. The number of esters is 1. The molecule has 2 aromatic carbocycles. The first-order valence-electron chi connectivity index (χ1n) is 8.87. The molecule has 29 heavy (non-hydrogen) atoms. The third-order valence-electron chi connectivity index (χ3n) is 3.87. The molecule has 0 saturated carbocycles. The van der Waals surface area contributed by atoms with Crippen LogP contribution in [0, 0.1) is 6.92 Å². The molecule has 0 heterocycles. The van der Waals surface area contributed by atoms with Crippen molar-refractivity contribution in [2.45, 2.75) is 37.7 Å². The number of methoxy groups -OCH3 is 1. The molecule has 156 valence electrons. The molecule has 2 rings (SSSR count). The van der Waals surface area contributed by atoms with Crippen LogP contribution in [-0.4, -0.2) is 33.9 Å². The fourth-order valence-corrected chi connectivity index (χ4v) is 3.27. The zero-order chi connectivity index (χ0) is 21.3. The van der Waals surface area contributed by atoms with Gasteiger partial charge in [-0.05, 0) is 31.5 Å². The molecule has 7 nitrogen and oxygen atoms in total. The molecule has 2 atom stereocenters. The molecular weight excluding hydrogens is 396 g/mol. The minimum atomic E-state index is -4.09. The average molecular weight is 420 g/mol. The van der Waals surface area contributed by atoms with Crippen LogP contribution in [0.5, 0.6) is 0 Å². The van der Waals surface area contributed by atoms with Gasteiger partial charge in [-0.1, -0.05) is 48.0 Å². The van der Waals surface area contributed by atoms with E-state index in [1.807, 2.05) is 37.3 Å². The Hall–Kier alpha value is -2.68. The molecule has 0 aromatic heterocycles. The maximum atomic E-state index is 12.6. The van der Waals surface area contributed by atoms with Crippen LogP contribution in [-0.2, 0) is 39.9 Å². The molecule has 0 aliphatic carbocycles. The molecule has 0 aliphatic rings. The number of carbonyl (C=O) groups is 1. The lowest BCUT2D eigenvalue weighted by molar-refractivity contribution is -0.147. The average Bonchev–Trinajstić information content (AvgIpc) is 2.71. The highest BCUT2D eigenvalue weighted by molar-refractivity contribution is 7.86. The largest absolute Gasteiger partial charge is 0.493 e. The van der Waals surface area contributed by atoms with E-state index in [9.17, 15) is 13.2 Å². The number of rotatable bonds is 10. The van der Waals surface area contributed by atoms with Crippen molar-refractivity contribution in [1.82, 2.24) is 0 Å². The van der Waals surface area contributed by atoms with Crippen LogP contribution in [0.25, 0.3) is 0 Å². The fraction of sp³-hybridized carbons (Fsp3) is 0.286.